The van der Waals surface area contributed by atoms with Crippen LogP contribution >= 0.6 is 0 Å². The van der Waals surface area contributed by atoms with E-state index in [2.05, 4.69) is 51.5 Å². The first-order chi connectivity index (χ1) is 7.11. The Hall–Kier alpha value is -1.34. The van der Waals surface area contributed by atoms with Gasteiger partial charge >= 0.3 is 0 Å². The number of hydrogen-bond acceptors (Lipinski definition) is 0. The third-order valence-electron chi connectivity index (χ3n) is 2.85. The maximum Gasteiger partial charge on any atom is 0.122 e. The van der Waals surface area contributed by atoms with Crippen molar-refractivity contribution in [3.05, 3.63) is 61.3 Å². The van der Waals surface area contributed by atoms with Gasteiger partial charge in [0.05, 0.1) is 20.3 Å². The van der Waals surface area contributed by atoms with Gasteiger partial charge in [-0.05, 0) is 6.58 Å². The SMILES string of the molecule is C=CCC(c1ccccc1)[N+](C)(C)C=C. The molecule has 0 amide bonds. The summed E-state index contributed by atoms with van der Waals surface area (Å²) in [5, 5.41) is 0. The molecule has 15 heavy (non-hydrogen) atoms. The summed E-state index contributed by atoms with van der Waals surface area (Å²) in [5.41, 5.74) is 1.34. The molecule has 0 radical (unpaired) electrons. The van der Waals surface area contributed by atoms with Crippen LogP contribution < -0.4 is 0 Å². The Labute approximate surface area is 92.9 Å². The van der Waals surface area contributed by atoms with E-state index in [0.29, 0.717) is 6.04 Å². The van der Waals surface area contributed by atoms with Crippen molar-refractivity contribution >= 4 is 0 Å². The van der Waals surface area contributed by atoms with Crippen molar-refractivity contribution in [3.8, 4) is 0 Å². The number of hydrogen-bond donors (Lipinski definition) is 0. The monoisotopic (exact) mass is 202 g/mol. The fourth-order valence-corrected chi connectivity index (χ4v) is 1.75. The van der Waals surface area contributed by atoms with E-state index in [9.17, 15) is 0 Å². The summed E-state index contributed by atoms with van der Waals surface area (Å²) in [4.78, 5) is 0. The van der Waals surface area contributed by atoms with Gasteiger partial charge in [0.2, 0.25) is 0 Å². The highest BCUT2D eigenvalue weighted by Gasteiger charge is 2.25. The lowest BCUT2D eigenvalue weighted by molar-refractivity contribution is -0.871. The first kappa shape index (κ1) is 11.7. The second-order valence-electron chi connectivity index (χ2n) is 4.26. The molecule has 0 saturated carbocycles. The van der Waals surface area contributed by atoms with Crippen LogP contribution in [-0.4, -0.2) is 18.6 Å². The van der Waals surface area contributed by atoms with Crippen molar-refractivity contribution < 1.29 is 4.48 Å². The molecule has 0 bridgehead atoms. The molecule has 1 unspecified atom stereocenters. The van der Waals surface area contributed by atoms with E-state index in [0.717, 1.165) is 10.9 Å². The van der Waals surface area contributed by atoms with Gasteiger partial charge in [-0.15, -0.1) is 6.58 Å². The molecule has 1 aromatic carbocycles. The van der Waals surface area contributed by atoms with Crippen LogP contribution in [0.25, 0.3) is 0 Å². The van der Waals surface area contributed by atoms with Crippen LogP contribution in [0.4, 0.5) is 0 Å². The van der Waals surface area contributed by atoms with Crippen LogP contribution in [-0.2, 0) is 0 Å². The molecule has 1 nitrogen and oxygen atoms in total. The largest absolute Gasteiger partial charge is 0.296 e. The van der Waals surface area contributed by atoms with Crippen molar-refractivity contribution in [1.82, 2.24) is 0 Å². The van der Waals surface area contributed by atoms with Gasteiger partial charge in [-0.25, -0.2) is 0 Å². The lowest BCUT2D eigenvalue weighted by Gasteiger charge is -2.34. The Balaban J connectivity index is 3.03. The topological polar surface area (TPSA) is 0 Å². The molecule has 1 heteroatoms. The zero-order chi connectivity index (χ0) is 11.3. The van der Waals surface area contributed by atoms with Gasteiger partial charge in [0.1, 0.15) is 6.04 Å². The van der Waals surface area contributed by atoms with Crippen molar-refractivity contribution in [3.63, 3.8) is 0 Å². The van der Waals surface area contributed by atoms with Gasteiger partial charge in [-0.1, -0.05) is 36.4 Å². The molecule has 1 rings (SSSR count). The molecule has 80 valence electrons. The van der Waals surface area contributed by atoms with Gasteiger partial charge in [0.15, 0.2) is 0 Å². The summed E-state index contributed by atoms with van der Waals surface area (Å²) in [6, 6.07) is 10.9. The Bertz CT molecular complexity index is 324. The Kier molecular flexibility index (Phi) is 3.87. The van der Waals surface area contributed by atoms with E-state index in [1.807, 2.05) is 18.3 Å². The first-order valence-corrected chi connectivity index (χ1v) is 5.24. The number of rotatable bonds is 5. The number of quaternary nitrogens is 1. The minimum absolute atomic E-state index is 0.404. The molecule has 0 aliphatic heterocycles. The average Bonchev–Trinajstić information content (AvgIpc) is 2.27. The molecule has 0 aliphatic carbocycles. The summed E-state index contributed by atoms with van der Waals surface area (Å²) in [6.07, 6.45) is 4.91. The number of nitrogens with zero attached hydrogens (tertiary/aromatic N) is 1. The first-order valence-electron chi connectivity index (χ1n) is 5.24. The lowest BCUT2D eigenvalue weighted by Crippen LogP contribution is -2.37. The van der Waals surface area contributed by atoms with Gasteiger partial charge in [0, 0.05) is 12.0 Å². The van der Waals surface area contributed by atoms with Crippen LogP contribution in [0.5, 0.6) is 0 Å². The molecule has 0 fully saturated rings. The molecule has 0 aromatic heterocycles. The smallest absolute Gasteiger partial charge is 0.122 e. The summed E-state index contributed by atoms with van der Waals surface area (Å²) in [5.74, 6) is 0. The van der Waals surface area contributed by atoms with E-state index in [1.165, 1.54) is 5.56 Å². The fourth-order valence-electron chi connectivity index (χ4n) is 1.75. The molecule has 1 aromatic rings. The van der Waals surface area contributed by atoms with E-state index in [4.69, 9.17) is 0 Å². The molecular formula is C14H20N+. The van der Waals surface area contributed by atoms with Crippen molar-refractivity contribution in [2.75, 3.05) is 14.1 Å². The Morgan fingerprint density at radius 1 is 1.20 bits per heavy atom. The van der Waals surface area contributed by atoms with Crippen LogP contribution in [0.15, 0.2) is 55.8 Å². The predicted molar refractivity (Wildman–Crippen MR) is 66.3 cm³/mol. The predicted octanol–water partition coefficient (Wildman–Crippen LogP) is 3.52. The van der Waals surface area contributed by atoms with E-state index >= 15 is 0 Å². The van der Waals surface area contributed by atoms with E-state index in [1.54, 1.807) is 0 Å². The molecular weight excluding hydrogens is 182 g/mol. The van der Waals surface area contributed by atoms with Gasteiger partial charge < -0.3 is 0 Å². The molecule has 0 spiro atoms. The minimum atomic E-state index is 0.404. The van der Waals surface area contributed by atoms with Crippen LogP contribution in [0.1, 0.15) is 18.0 Å². The maximum atomic E-state index is 3.90. The second-order valence-corrected chi connectivity index (χ2v) is 4.26. The van der Waals surface area contributed by atoms with Gasteiger partial charge in [0.25, 0.3) is 0 Å². The highest BCUT2D eigenvalue weighted by Crippen LogP contribution is 2.28. The summed E-state index contributed by atoms with van der Waals surface area (Å²) in [6.45, 7) is 7.73. The van der Waals surface area contributed by atoms with Crippen molar-refractivity contribution in [1.29, 1.82) is 0 Å². The van der Waals surface area contributed by atoms with Gasteiger partial charge in [-0.2, -0.15) is 0 Å². The average molecular weight is 202 g/mol. The van der Waals surface area contributed by atoms with Gasteiger partial charge in [-0.3, -0.25) is 4.48 Å². The lowest BCUT2D eigenvalue weighted by atomic mass is 10.0. The van der Waals surface area contributed by atoms with Crippen LogP contribution in [0.3, 0.4) is 0 Å². The van der Waals surface area contributed by atoms with E-state index in [-0.39, 0.29) is 0 Å². The molecule has 0 aliphatic rings. The summed E-state index contributed by atoms with van der Waals surface area (Å²) >= 11 is 0. The zero-order valence-corrected chi connectivity index (χ0v) is 9.69. The second kappa shape index (κ2) is 4.94. The highest BCUT2D eigenvalue weighted by atomic mass is 15.3. The quantitative estimate of drug-likeness (QED) is 0.506. The van der Waals surface area contributed by atoms with Crippen LogP contribution in [0.2, 0.25) is 0 Å². The summed E-state index contributed by atoms with van der Waals surface area (Å²) < 4.78 is 0.774. The van der Waals surface area contributed by atoms with Crippen molar-refractivity contribution in [2.45, 2.75) is 12.5 Å². The Morgan fingerprint density at radius 2 is 1.80 bits per heavy atom. The molecule has 0 heterocycles. The number of benzene rings is 1. The highest BCUT2D eigenvalue weighted by molar-refractivity contribution is 5.18. The zero-order valence-electron chi connectivity index (χ0n) is 9.69. The standard InChI is InChI=1S/C14H20N/c1-5-10-14(15(3,4)6-2)13-11-8-7-9-12-13/h5-9,11-12,14H,1-2,10H2,3-4H3/q+1. The van der Waals surface area contributed by atoms with Crippen LogP contribution in [0, 0.1) is 0 Å². The molecule has 0 saturated heterocycles. The van der Waals surface area contributed by atoms with E-state index < -0.39 is 0 Å². The maximum absolute atomic E-state index is 3.90. The Morgan fingerprint density at radius 3 is 2.27 bits per heavy atom. The normalized spacial score (nSPS) is 13.2. The molecule has 1 atom stereocenters. The minimum Gasteiger partial charge on any atom is -0.296 e. The third-order valence-corrected chi connectivity index (χ3v) is 2.85. The molecule has 0 N–H and O–H groups in total. The summed E-state index contributed by atoms with van der Waals surface area (Å²) in [7, 11) is 4.32. The third kappa shape index (κ3) is 2.80. The fraction of sp³-hybridized carbons (Fsp3) is 0.286. The van der Waals surface area contributed by atoms with Crippen molar-refractivity contribution in [2.24, 2.45) is 0 Å².